The molecule has 106 valence electrons. The van der Waals surface area contributed by atoms with Crippen molar-refractivity contribution in [1.29, 1.82) is 0 Å². The molecule has 0 amide bonds. The molecule has 0 aromatic carbocycles. The molecule has 1 atom stereocenters. The van der Waals surface area contributed by atoms with Crippen molar-refractivity contribution in [1.82, 2.24) is 9.88 Å². The number of thiazole rings is 1. The van der Waals surface area contributed by atoms with Crippen LogP contribution in [0.3, 0.4) is 0 Å². The van der Waals surface area contributed by atoms with E-state index in [1.165, 1.54) is 37.0 Å². The van der Waals surface area contributed by atoms with Gasteiger partial charge in [-0.05, 0) is 18.8 Å². The number of aromatic nitrogens is 1. The third-order valence-corrected chi connectivity index (χ3v) is 5.12. The smallest absolute Gasteiger partial charge is 0.180 e. The third-order valence-electron chi connectivity index (χ3n) is 4.30. The zero-order chi connectivity index (χ0) is 13.1. The molecule has 2 N–H and O–H groups in total. The molecule has 3 rings (SSSR count). The highest BCUT2D eigenvalue weighted by atomic mass is 32.1. The number of rotatable bonds is 3. The molecule has 0 bridgehead atoms. The highest BCUT2D eigenvalue weighted by Crippen LogP contribution is 2.30. The number of hydrogen-bond acceptors (Lipinski definition) is 5. The molecule has 1 aromatic heterocycles. The monoisotopic (exact) mass is 281 g/mol. The Balaban J connectivity index is 1.55. The Morgan fingerprint density at radius 1 is 1.37 bits per heavy atom. The molecule has 0 radical (unpaired) electrons. The van der Waals surface area contributed by atoms with Crippen LogP contribution in [0.5, 0.6) is 0 Å². The van der Waals surface area contributed by atoms with Gasteiger partial charge in [-0.2, -0.15) is 0 Å². The average molecular weight is 281 g/mol. The van der Waals surface area contributed by atoms with E-state index in [0.717, 1.165) is 32.2 Å². The lowest BCUT2D eigenvalue weighted by molar-refractivity contribution is -0.0668. The summed E-state index contributed by atoms with van der Waals surface area (Å²) in [6.07, 6.45) is 9.24. The van der Waals surface area contributed by atoms with Gasteiger partial charge in [-0.1, -0.05) is 19.3 Å². The molecule has 2 fully saturated rings. The number of ether oxygens (including phenoxy) is 1. The van der Waals surface area contributed by atoms with Gasteiger partial charge in [0.05, 0.1) is 12.7 Å². The van der Waals surface area contributed by atoms with Gasteiger partial charge in [-0.15, -0.1) is 11.3 Å². The predicted octanol–water partition coefficient (Wildman–Crippen LogP) is 2.51. The molecule has 1 saturated heterocycles. The van der Waals surface area contributed by atoms with Crippen LogP contribution < -0.4 is 5.73 Å². The minimum atomic E-state index is 0.444. The number of hydrogen-bond donors (Lipinski definition) is 1. The van der Waals surface area contributed by atoms with Gasteiger partial charge in [0.2, 0.25) is 0 Å². The van der Waals surface area contributed by atoms with Crippen molar-refractivity contribution in [3.63, 3.8) is 0 Å². The van der Waals surface area contributed by atoms with Crippen molar-refractivity contribution in [2.75, 3.05) is 25.4 Å². The van der Waals surface area contributed by atoms with Gasteiger partial charge in [0.15, 0.2) is 5.13 Å². The van der Waals surface area contributed by atoms with Crippen molar-refractivity contribution in [3.05, 3.63) is 11.1 Å². The molecule has 5 heteroatoms. The summed E-state index contributed by atoms with van der Waals surface area (Å²) in [5, 5.41) is 0.673. The first-order valence-electron chi connectivity index (χ1n) is 7.35. The summed E-state index contributed by atoms with van der Waals surface area (Å²) in [6.45, 7) is 3.94. The number of anilines is 1. The highest BCUT2D eigenvalue weighted by molar-refractivity contribution is 7.15. The Morgan fingerprint density at radius 3 is 2.95 bits per heavy atom. The third kappa shape index (κ3) is 3.46. The van der Waals surface area contributed by atoms with Crippen LogP contribution in [0.15, 0.2) is 6.20 Å². The van der Waals surface area contributed by atoms with E-state index in [1.54, 1.807) is 11.3 Å². The van der Waals surface area contributed by atoms with Crippen molar-refractivity contribution in [2.45, 2.75) is 44.8 Å². The molecule has 1 saturated carbocycles. The minimum absolute atomic E-state index is 0.444. The first-order valence-corrected chi connectivity index (χ1v) is 8.17. The fourth-order valence-electron chi connectivity index (χ4n) is 3.28. The highest BCUT2D eigenvalue weighted by Gasteiger charge is 2.29. The molecule has 1 aliphatic heterocycles. The quantitative estimate of drug-likeness (QED) is 0.925. The van der Waals surface area contributed by atoms with Crippen LogP contribution in [-0.2, 0) is 11.3 Å². The maximum Gasteiger partial charge on any atom is 0.180 e. The van der Waals surface area contributed by atoms with Crippen LogP contribution in [-0.4, -0.2) is 35.7 Å². The topological polar surface area (TPSA) is 51.4 Å². The minimum Gasteiger partial charge on any atom is -0.375 e. The van der Waals surface area contributed by atoms with Crippen LogP contribution in [0.4, 0.5) is 5.13 Å². The lowest BCUT2D eigenvalue weighted by atomic mass is 9.84. The Kier molecular flexibility index (Phi) is 4.35. The Hall–Kier alpha value is -0.650. The predicted molar refractivity (Wildman–Crippen MR) is 78.1 cm³/mol. The van der Waals surface area contributed by atoms with E-state index in [0.29, 0.717) is 11.2 Å². The van der Waals surface area contributed by atoms with Crippen molar-refractivity contribution < 1.29 is 4.74 Å². The van der Waals surface area contributed by atoms with Gasteiger partial charge in [0, 0.05) is 30.7 Å². The molecular formula is C14H23N3OS. The maximum absolute atomic E-state index is 6.01. The van der Waals surface area contributed by atoms with E-state index < -0.39 is 0 Å². The normalized spacial score (nSPS) is 26.6. The van der Waals surface area contributed by atoms with Gasteiger partial charge >= 0.3 is 0 Å². The lowest BCUT2D eigenvalue weighted by Crippen LogP contribution is -2.45. The van der Waals surface area contributed by atoms with Crippen molar-refractivity contribution in [3.8, 4) is 0 Å². The number of nitrogens with zero attached hydrogens (tertiary/aromatic N) is 2. The molecular weight excluding hydrogens is 258 g/mol. The number of morpholine rings is 1. The fraction of sp³-hybridized carbons (Fsp3) is 0.786. The summed E-state index contributed by atoms with van der Waals surface area (Å²) in [4.78, 5) is 7.89. The van der Waals surface area contributed by atoms with Crippen LogP contribution in [0.1, 0.15) is 37.0 Å². The van der Waals surface area contributed by atoms with Crippen molar-refractivity contribution >= 4 is 16.5 Å². The molecule has 2 heterocycles. The van der Waals surface area contributed by atoms with E-state index in [9.17, 15) is 0 Å². The van der Waals surface area contributed by atoms with Crippen LogP contribution >= 0.6 is 11.3 Å². The molecule has 1 aromatic rings. The largest absolute Gasteiger partial charge is 0.375 e. The first kappa shape index (κ1) is 13.3. The van der Waals surface area contributed by atoms with Crippen LogP contribution in [0.2, 0.25) is 0 Å². The molecule has 4 nitrogen and oxygen atoms in total. The molecule has 1 unspecified atom stereocenters. The van der Waals surface area contributed by atoms with Crippen molar-refractivity contribution in [2.24, 2.45) is 5.92 Å². The second-order valence-electron chi connectivity index (χ2n) is 5.71. The second-order valence-corrected chi connectivity index (χ2v) is 6.85. The summed E-state index contributed by atoms with van der Waals surface area (Å²) >= 11 is 1.60. The van der Waals surface area contributed by atoms with Gasteiger partial charge < -0.3 is 10.5 Å². The molecule has 19 heavy (non-hydrogen) atoms. The Bertz CT molecular complexity index is 403. The van der Waals surface area contributed by atoms with Crippen LogP contribution in [0.25, 0.3) is 0 Å². The van der Waals surface area contributed by atoms with E-state index in [-0.39, 0.29) is 0 Å². The summed E-state index contributed by atoms with van der Waals surface area (Å²) in [5.74, 6) is 0.781. The maximum atomic E-state index is 6.01. The van der Waals surface area contributed by atoms with Gasteiger partial charge in [0.1, 0.15) is 0 Å². The van der Waals surface area contributed by atoms with Gasteiger partial charge in [-0.25, -0.2) is 4.98 Å². The van der Waals surface area contributed by atoms with E-state index >= 15 is 0 Å². The van der Waals surface area contributed by atoms with Crippen LogP contribution in [0, 0.1) is 5.92 Å². The number of nitrogens with two attached hydrogens (primary N) is 1. The zero-order valence-corrected chi connectivity index (χ0v) is 12.2. The number of nitrogen functional groups attached to an aromatic ring is 1. The summed E-state index contributed by atoms with van der Waals surface area (Å²) < 4.78 is 6.01. The Morgan fingerprint density at radius 2 is 2.21 bits per heavy atom. The summed E-state index contributed by atoms with van der Waals surface area (Å²) in [7, 11) is 0. The van der Waals surface area contributed by atoms with E-state index in [4.69, 9.17) is 10.5 Å². The molecule has 0 spiro atoms. The molecule has 1 aliphatic carbocycles. The van der Waals surface area contributed by atoms with E-state index in [2.05, 4.69) is 9.88 Å². The standard InChI is InChI=1S/C14H23N3OS/c15-14-16-8-12(19-14)9-17-6-7-18-13(10-17)11-4-2-1-3-5-11/h8,11,13H,1-7,9-10H2,(H2,15,16). The molecule has 2 aliphatic rings. The SMILES string of the molecule is Nc1ncc(CN2CCOC(C3CCCCC3)C2)s1. The summed E-state index contributed by atoms with van der Waals surface area (Å²) in [5.41, 5.74) is 5.69. The second kappa shape index (κ2) is 6.20. The Labute approximate surface area is 119 Å². The fourth-order valence-corrected chi connectivity index (χ4v) is 4.01. The lowest BCUT2D eigenvalue weighted by Gasteiger charge is -2.38. The zero-order valence-electron chi connectivity index (χ0n) is 11.4. The van der Waals surface area contributed by atoms with E-state index in [1.807, 2.05) is 6.20 Å². The van der Waals surface area contributed by atoms with Gasteiger partial charge in [0.25, 0.3) is 0 Å². The average Bonchev–Trinajstić information content (AvgIpc) is 2.85. The summed E-state index contributed by atoms with van der Waals surface area (Å²) in [6, 6.07) is 0. The van der Waals surface area contributed by atoms with Gasteiger partial charge in [-0.3, -0.25) is 4.90 Å². The first-order chi connectivity index (χ1) is 9.31.